The first-order valence-corrected chi connectivity index (χ1v) is 7.86. The third-order valence-electron chi connectivity index (χ3n) is 4.82. The zero-order valence-electron chi connectivity index (χ0n) is 13.2. The summed E-state index contributed by atoms with van der Waals surface area (Å²) in [5, 5.41) is 9.43. The van der Waals surface area contributed by atoms with Crippen molar-refractivity contribution in [2.24, 2.45) is 7.05 Å². The molecule has 1 N–H and O–H groups in total. The summed E-state index contributed by atoms with van der Waals surface area (Å²) in [6.07, 6.45) is 4.44. The highest BCUT2D eigenvalue weighted by atomic mass is 16.5. The molecule has 0 bridgehead atoms. The van der Waals surface area contributed by atoms with E-state index in [2.05, 4.69) is 36.5 Å². The van der Waals surface area contributed by atoms with Gasteiger partial charge in [0, 0.05) is 31.5 Å². The molecule has 3 rings (SSSR count). The fourth-order valence-electron chi connectivity index (χ4n) is 3.49. The SMILES string of the molecule is CNC(Cc1nn(C)c2ccccc12)C1(C)CCCCO1. The Kier molecular flexibility index (Phi) is 4.00. The molecule has 1 aromatic heterocycles. The van der Waals surface area contributed by atoms with Crippen molar-refractivity contribution in [1.82, 2.24) is 15.1 Å². The van der Waals surface area contributed by atoms with Crippen molar-refractivity contribution in [2.75, 3.05) is 13.7 Å². The number of aryl methyl sites for hydroxylation is 1. The van der Waals surface area contributed by atoms with Crippen LogP contribution in [0.5, 0.6) is 0 Å². The summed E-state index contributed by atoms with van der Waals surface area (Å²) in [6, 6.07) is 8.72. The molecule has 2 heterocycles. The Hall–Kier alpha value is -1.39. The number of hydrogen-bond acceptors (Lipinski definition) is 3. The Morgan fingerprint density at radius 2 is 2.19 bits per heavy atom. The molecule has 1 saturated heterocycles. The molecular weight excluding hydrogens is 262 g/mol. The molecule has 21 heavy (non-hydrogen) atoms. The van der Waals surface area contributed by atoms with Crippen LogP contribution < -0.4 is 5.32 Å². The van der Waals surface area contributed by atoms with E-state index >= 15 is 0 Å². The number of fused-ring (bicyclic) bond motifs is 1. The average Bonchev–Trinajstić information content (AvgIpc) is 2.82. The van der Waals surface area contributed by atoms with E-state index in [0.717, 1.165) is 25.1 Å². The summed E-state index contributed by atoms with van der Waals surface area (Å²) < 4.78 is 8.09. The van der Waals surface area contributed by atoms with E-state index in [0.29, 0.717) is 0 Å². The van der Waals surface area contributed by atoms with E-state index in [4.69, 9.17) is 9.84 Å². The van der Waals surface area contributed by atoms with Crippen LogP contribution in [0.3, 0.4) is 0 Å². The maximum absolute atomic E-state index is 6.11. The van der Waals surface area contributed by atoms with Crippen LogP contribution in [0.1, 0.15) is 31.9 Å². The van der Waals surface area contributed by atoms with Crippen molar-refractivity contribution in [3.63, 3.8) is 0 Å². The Labute approximate surface area is 126 Å². The van der Waals surface area contributed by atoms with Crippen molar-refractivity contribution < 1.29 is 4.74 Å². The van der Waals surface area contributed by atoms with Crippen molar-refractivity contribution in [1.29, 1.82) is 0 Å². The minimum absolute atomic E-state index is 0.0916. The highest BCUT2D eigenvalue weighted by molar-refractivity contribution is 5.81. The standard InChI is InChI=1S/C17H25N3O/c1-17(10-6-7-11-21-17)16(18-2)12-14-13-8-4-5-9-15(13)20(3)19-14/h4-5,8-9,16,18H,6-7,10-12H2,1-3H3. The van der Waals surface area contributed by atoms with E-state index in [1.165, 1.54) is 23.7 Å². The van der Waals surface area contributed by atoms with Gasteiger partial charge in [0.1, 0.15) is 0 Å². The van der Waals surface area contributed by atoms with E-state index in [9.17, 15) is 0 Å². The molecule has 4 nitrogen and oxygen atoms in total. The van der Waals surface area contributed by atoms with Gasteiger partial charge in [-0.1, -0.05) is 18.2 Å². The lowest BCUT2D eigenvalue weighted by molar-refractivity contribution is -0.0871. The first-order chi connectivity index (χ1) is 10.1. The summed E-state index contributed by atoms with van der Waals surface area (Å²) in [5.41, 5.74) is 2.26. The van der Waals surface area contributed by atoms with Crippen molar-refractivity contribution in [2.45, 2.75) is 44.2 Å². The molecule has 2 unspecified atom stereocenters. The maximum Gasteiger partial charge on any atom is 0.0810 e. The predicted octanol–water partition coefficient (Wildman–Crippen LogP) is 2.66. The number of ether oxygens (including phenoxy) is 1. The third kappa shape index (κ3) is 2.70. The molecular formula is C17H25N3O. The van der Waals surface area contributed by atoms with Crippen LogP contribution in [0.4, 0.5) is 0 Å². The summed E-state index contributed by atoms with van der Waals surface area (Å²) in [4.78, 5) is 0. The number of para-hydroxylation sites is 1. The molecule has 1 aromatic carbocycles. The van der Waals surface area contributed by atoms with Crippen LogP contribution in [0.25, 0.3) is 10.9 Å². The average molecular weight is 287 g/mol. The first kappa shape index (κ1) is 14.5. The maximum atomic E-state index is 6.11. The van der Waals surface area contributed by atoms with E-state index in [1.807, 2.05) is 18.8 Å². The topological polar surface area (TPSA) is 39.1 Å². The second-order valence-electron chi connectivity index (χ2n) is 6.25. The van der Waals surface area contributed by atoms with Gasteiger partial charge in [-0.15, -0.1) is 0 Å². The molecule has 1 aliphatic rings. The number of hydrogen-bond donors (Lipinski definition) is 1. The third-order valence-corrected chi connectivity index (χ3v) is 4.82. The van der Waals surface area contributed by atoms with Gasteiger partial charge in [-0.05, 0) is 39.3 Å². The lowest BCUT2D eigenvalue weighted by atomic mass is 9.85. The molecule has 0 spiro atoms. The Morgan fingerprint density at radius 1 is 1.38 bits per heavy atom. The van der Waals surface area contributed by atoms with Gasteiger partial charge in [0.05, 0.1) is 16.8 Å². The molecule has 0 saturated carbocycles. The monoisotopic (exact) mass is 287 g/mol. The molecule has 4 heteroatoms. The summed E-state index contributed by atoms with van der Waals surface area (Å²) in [6.45, 7) is 3.11. The second-order valence-corrected chi connectivity index (χ2v) is 6.25. The highest BCUT2D eigenvalue weighted by Gasteiger charge is 2.36. The van der Waals surface area contributed by atoms with Gasteiger partial charge in [0.2, 0.25) is 0 Å². The van der Waals surface area contributed by atoms with E-state index < -0.39 is 0 Å². The van der Waals surface area contributed by atoms with E-state index in [1.54, 1.807) is 0 Å². The molecule has 1 aliphatic heterocycles. The van der Waals surface area contributed by atoms with Crippen molar-refractivity contribution in [3.05, 3.63) is 30.0 Å². The number of likely N-dealkylation sites (N-methyl/N-ethyl adjacent to an activating group) is 1. The molecule has 114 valence electrons. The smallest absolute Gasteiger partial charge is 0.0810 e. The van der Waals surface area contributed by atoms with Gasteiger partial charge in [-0.3, -0.25) is 4.68 Å². The van der Waals surface area contributed by atoms with Crippen LogP contribution in [-0.4, -0.2) is 35.1 Å². The Morgan fingerprint density at radius 3 is 2.90 bits per heavy atom. The zero-order valence-corrected chi connectivity index (χ0v) is 13.2. The summed E-state index contributed by atoms with van der Waals surface area (Å²) in [7, 11) is 4.04. The van der Waals surface area contributed by atoms with Gasteiger partial charge in [-0.25, -0.2) is 0 Å². The molecule has 0 amide bonds. The molecule has 0 aliphatic carbocycles. The highest BCUT2D eigenvalue weighted by Crippen LogP contribution is 2.30. The fourth-order valence-corrected chi connectivity index (χ4v) is 3.49. The number of rotatable bonds is 4. The van der Waals surface area contributed by atoms with Gasteiger partial charge >= 0.3 is 0 Å². The van der Waals surface area contributed by atoms with Crippen LogP contribution in [0, 0.1) is 0 Å². The lowest BCUT2D eigenvalue weighted by Gasteiger charge is -2.40. The minimum atomic E-state index is -0.0916. The molecule has 2 atom stereocenters. The number of aromatic nitrogens is 2. The Bertz CT molecular complexity index is 614. The van der Waals surface area contributed by atoms with E-state index in [-0.39, 0.29) is 11.6 Å². The first-order valence-electron chi connectivity index (χ1n) is 7.86. The van der Waals surface area contributed by atoms with Crippen LogP contribution in [0.15, 0.2) is 24.3 Å². The minimum Gasteiger partial charge on any atom is -0.374 e. The fraction of sp³-hybridized carbons (Fsp3) is 0.588. The summed E-state index contributed by atoms with van der Waals surface area (Å²) >= 11 is 0. The molecule has 2 aromatic rings. The van der Waals surface area contributed by atoms with Crippen LogP contribution >= 0.6 is 0 Å². The summed E-state index contributed by atoms with van der Waals surface area (Å²) in [5.74, 6) is 0. The van der Waals surface area contributed by atoms with Crippen LogP contribution in [0.2, 0.25) is 0 Å². The normalized spacial score (nSPS) is 24.3. The second kappa shape index (κ2) is 5.78. The van der Waals surface area contributed by atoms with Gasteiger partial charge in [-0.2, -0.15) is 5.10 Å². The largest absolute Gasteiger partial charge is 0.374 e. The van der Waals surface area contributed by atoms with Gasteiger partial charge in [0.25, 0.3) is 0 Å². The van der Waals surface area contributed by atoms with Gasteiger partial charge < -0.3 is 10.1 Å². The van der Waals surface area contributed by atoms with Crippen molar-refractivity contribution >= 4 is 10.9 Å². The lowest BCUT2D eigenvalue weighted by Crippen LogP contribution is -2.52. The predicted molar refractivity (Wildman–Crippen MR) is 85.5 cm³/mol. The zero-order chi connectivity index (χ0) is 14.9. The van der Waals surface area contributed by atoms with Crippen molar-refractivity contribution in [3.8, 4) is 0 Å². The molecule has 1 fully saturated rings. The quantitative estimate of drug-likeness (QED) is 0.939. The number of nitrogens with one attached hydrogen (secondary N) is 1. The number of benzene rings is 1. The van der Waals surface area contributed by atoms with Crippen LogP contribution in [-0.2, 0) is 18.2 Å². The molecule has 0 radical (unpaired) electrons. The van der Waals surface area contributed by atoms with Gasteiger partial charge in [0.15, 0.2) is 0 Å². The Balaban J connectivity index is 1.89. The number of nitrogens with zero attached hydrogens (tertiary/aromatic N) is 2.